The van der Waals surface area contributed by atoms with E-state index in [2.05, 4.69) is 21.3 Å². The van der Waals surface area contributed by atoms with E-state index in [1.807, 2.05) is 48.5 Å². The van der Waals surface area contributed by atoms with Crippen LogP contribution in [0.2, 0.25) is 0 Å². The van der Waals surface area contributed by atoms with Crippen LogP contribution in [-0.4, -0.2) is 79.3 Å². The number of piperazine rings is 1. The van der Waals surface area contributed by atoms with Crippen molar-refractivity contribution < 1.29 is 28.7 Å². The summed E-state index contributed by atoms with van der Waals surface area (Å²) in [6.07, 6.45) is 0.422. The zero-order chi connectivity index (χ0) is 30.9. The molecule has 0 radical (unpaired) electrons. The molecule has 3 rings (SSSR count). The van der Waals surface area contributed by atoms with Gasteiger partial charge < -0.3 is 36.6 Å². The molecule has 0 bridgehead atoms. The Kier molecular flexibility index (Phi) is 14.1. The molecule has 232 valence electrons. The summed E-state index contributed by atoms with van der Waals surface area (Å²) in [6, 6.07) is 15.9. The van der Waals surface area contributed by atoms with Crippen molar-refractivity contribution in [2.45, 2.75) is 57.3 Å². The van der Waals surface area contributed by atoms with Gasteiger partial charge >= 0.3 is 6.09 Å². The predicted molar refractivity (Wildman–Crippen MR) is 160 cm³/mol. The molecule has 1 aliphatic heterocycles. The fourth-order valence-corrected chi connectivity index (χ4v) is 4.57. The maximum absolute atomic E-state index is 13.5. The van der Waals surface area contributed by atoms with E-state index in [-0.39, 0.29) is 38.3 Å². The molecular formula is C31H42N6O6. The van der Waals surface area contributed by atoms with Crippen molar-refractivity contribution in [1.29, 1.82) is 0 Å². The van der Waals surface area contributed by atoms with E-state index in [0.717, 1.165) is 11.1 Å². The lowest BCUT2D eigenvalue weighted by Crippen LogP contribution is -2.54. The highest BCUT2D eigenvalue weighted by molar-refractivity contribution is 6.38. The van der Waals surface area contributed by atoms with Crippen LogP contribution >= 0.6 is 0 Å². The van der Waals surface area contributed by atoms with E-state index in [4.69, 9.17) is 10.5 Å². The van der Waals surface area contributed by atoms with Gasteiger partial charge in [-0.05, 0) is 43.4 Å². The molecule has 2 aromatic rings. The first-order valence-corrected chi connectivity index (χ1v) is 14.7. The molecule has 1 fully saturated rings. The third-order valence-corrected chi connectivity index (χ3v) is 7.04. The van der Waals surface area contributed by atoms with E-state index in [1.54, 1.807) is 17.0 Å². The van der Waals surface area contributed by atoms with Crippen molar-refractivity contribution in [3.8, 4) is 0 Å². The summed E-state index contributed by atoms with van der Waals surface area (Å²) in [4.78, 5) is 66.5. The summed E-state index contributed by atoms with van der Waals surface area (Å²) in [5.41, 5.74) is 7.20. The molecule has 0 spiro atoms. The maximum atomic E-state index is 13.5. The predicted octanol–water partition coefficient (Wildman–Crippen LogP) is 0.993. The number of nitrogens with one attached hydrogen (secondary N) is 4. The Morgan fingerprint density at radius 3 is 2.14 bits per heavy atom. The standard InChI is InChI=1S/C31H42N6O6/c32-16-8-7-13-25(28(39)30(41)34-21-23-9-3-1-4-10-23)35-29(40)26(14-15-27(38)37-19-17-33-18-20-37)36-31(42)43-22-24-11-5-2-6-12-24/h1-6,9-12,25-26,33H,7-8,13-22,32H2,(H,34,41)(H,35,40)(H,36,42)/t25-,26-/m0/s1. The number of ketones is 1. The highest BCUT2D eigenvalue weighted by Crippen LogP contribution is 2.09. The van der Waals surface area contributed by atoms with Crippen LogP contribution in [-0.2, 0) is 37.1 Å². The molecule has 0 aromatic heterocycles. The smallest absolute Gasteiger partial charge is 0.408 e. The Bertz CT molecular complexity index is 1190. The summed E-state index contributed by atoms with van der Waals surface area (Å²) in [5, 5.41) is 11.0. The van der Waals surface area contributed by atoms with Crippen LogP contribution < -0.4 is 27.0 Å². The minimum Gasteiger partial charge on any atom is -0.445 e. The van der Waals surface area contributed by atoms with Gasteiger partial charge in [0.05, 0.1) is 6.04 Å². The summed E-state index contributed by atoms with van der Waals surface area (Å²) >= 11 is 0. The molecule has 0 aliphatic carbocycles. The van der Waals surface area contributed by atoms with E-state index < -0.39 is 35.8 Å². The monoisotopic (exact) mass is 594 g/mol. The number of nitrogens with zero attached hydrogens (tertiary/aromatic N) is 1. The number of rotatable bonds is 16. The van der Waals surface area contributed by atoms with Gasteiger partial charge in [-0.2, -0.15) is 0 Å². The number of alkyl carbamates (subject to hydrolysis) is 1. The maximum Gasteiger partial charge on any atom is 0.408 e. The van der Waals surface area contributed by atoms with Gasteiger partial charge in [0.1, 0.15) is 12.6 Å². The lowest BCUT2D eigenvalue weighted by molar-refractivity contribution is -0.140. The Balaban J connectivity index is 1.66. The molecule has 6 N–H and O–H groups in total. The lowest BCUT2D eigenvalue weighted by atomic mass is 10.0. The van der Waals surface area contributed by atoms with Gasteiger partial charge in [-0.15, -0.1) is 0 Å². The number of carbonyl (C=O) groups excluding carboxylic acids is 5. The van der Waals surface area contributed by atoms with Gasteiger partial charge in [0.25, 0.3) is 5.91 Å². The minimum absolute atomic E-state index is 0.000397. The number of nitrogens with two attached hydrogens (primary N) is 1. The lowest BCUT2D eigenvalue weighted by Gasteiger charge is -2.28. The molecule has 2 aromatic carbocycles. The van der Waals surface area contributed by atoms with Crippen molar-refractivity contribution in [1.82, 2.24) is 26.2 Å². The van der Waals surface area contributed by atoms with Crippen LogP contribution in [0.15, 0.2) is 60.7 Å². The molecule has 12 heteroatoms. The van der Waals surface area contributed by atoms with Crippen molar-refractivity contribution >= 4 is 29.6 Å². The van der Waals surface area contributed by atoms with E-state index in [9.17, 15) is 24.0 Å². The fourth-order valence-electron chi connectivity index (χ4n) is 4.57. The van der Waals surface area contributed by atoms with Crippen molar-refractivity contribution in [3.05, 3.63) is 71.8 Å². The van der Waals surface area contributed by atoms with Crippen LogP contribution in [0, 0.1) is 0 Å². The van der Waals surface area contributed by atoms with E-state index >= 15 is 0 Å². The Morgan fingerprint density at radius 1 is 0.837 bits per heavy atom. The van der Waals surface area contributed by atoms with Crippen LogP contribution in [0.4, 0.5) is 4.79 Å². The number of ether oxygens (including phenoxy) is 1. The SMILES string of the molecule is NCCCC[C@H](NC(=O)[C@H](CCC(=O)N1CCNCC1)NC(=O)OCc1ccccc1)C(=O)C(=O)NCc1ccccc1. The zero-order valence-corrected chi connectivity index (χ0v) is 24.4. The average molecular weight is 595 g/mol. The Morgan fingerprint density at radius 2 is 1.49 bits per heavy atom. The molecule has 0 unspecified atom stereocenters. The van der Waals surface area contributed by atoms with Crippen LogP contribution in [0.3, 0.4) is 0 Å². The fraction of sp³-hybridized carbons (Fsp3) is 0.452. The number of benzene rings is 2. The van der Waals surface area contributed by atoms with Crippen LogP contribution in [0.1, 0.15) is 43.2 Å². The second kappa shape index (κ2) is 18.3. The number of carbonyl (C=O) groups is 5. The minimum atomic E-state index is -1.17. The third-order valence-electron chi connectivity index (χ3n) is 7.04. The van der Waals surface area contributed by atoms with E-state index in [0.29, 0.717) is 45.6 Å². The first-order chi connectivity index (χ1) is 20.9. The zero-order valence-electron chi connectivity index (χ0n) is 24.4. The second-order valence-electron chi connectivity index (χ2n) is 10.3. The highest BCUT2D eigenvalue weighted by atomic mass is 16.5. The summed E-state index contributed by atoms with van der Waals surface area (Å²) in [6.45, 7) is 3.00. The molecular weight excluding hydrogens is 552 g/mol. The number of hydrogen-bond donors (Lipinski definition) is 5. The Hall–Kier alpha value is -4.29. The van der Waals surface area contributed by atoms with E-state index in [1.165, 1.54) is 0 Å². The van der Waals surface area contributed by atoms with Gasteiger partial charge in [0.2, 0.25) is 17.6 Å². The number of Topliss-reactive ketones (excluding diaryl/α,β-unsaturated/α-hetero) is 1. The highest BCUT2D eigenvalue weighted by Gasteiger charge is 2.31. The molecule has 1 saturated heterocycles. The summed E-state index contributed by atoms with van der Waals surface area (Å²) in [5.74, 6) is -2.47. The summed E-state index contributed by atoms with van der Waals surface area (Å²) < 4.78 is 5.30. The first kappa shape index (κ1) is 33.2. The molecule has 1 heterocycles. The largest absolute Gasteiger partial charge is 0.445 e. The van der Waals surface area contributed by atoms with Crippen LogP contribution in [0.25, 0.3) is 0 Å². The average Bonchev–Trinajstić information content (AvgIpc) is 3.05. The number of hydrogen-bond acceptors (Lipinski definition) is 8. The van der Waals surface area contributed by atoms with Crippen molar-refractivity contribution in [2.75, 3.05) is 32.7 Å². The van der Waals surface area contributed by atoms with Gasteiger partial charge in [0.15, 0.2) is 0 Å². The summed E-state index contributed by atoms with van der Waals surface area (Å²) in [7, 11) is 0. The molecule has 43 heavy (non-hydrogen) atoms. The third kappa shape index (κ3) is 11.8. The molecule has 4 amide bonds. The normalized spacial score (nSPS) is 14.2. The van der Waals surface area contributed by atoms with Gasteiger partial charge in [0, 0.05) is 39.1 Å². The second-order valence-corrected chi connectivity index (χ2v) is 10.3. The molecule has 12 nitrogen and oxygen atoms in total. The van der Waals surface area contributed by atoms with Gasteiger partial charge in [-0.3, -0.25) is 19.2 Å². The van der Waals surface area contributed by atoms with Crippen molar-refractivity contribution in [2.24, 2.45) is 5.73 Å². The first-order valence-electron chi connectivity index (χ1n) is 14.7. The number of amides is 4. The van der Waals surface area contributed by atoms with Gasteiger partial charge in [-0.1, -0.05) is 60.7 Å². The van der Waals surface area contributed by atoms with Gasteiger partial charge in [-0.25, -0.2) is 4.79 Å². The molecule has 1 aliphatic rings. The topological polar surface area (TPSA) is 172 Å². The quantitative estimate of drug-likeness (QED) is 0.141. The molecule has 0 saturated carbocycles. The van der Waals surface area contributed by atoms with Crippen LogP contribution in [0.5, 0.6) is 0 Å². The number of unbranched alkanes of at least 4 members (excludes halogenated alkanes) is 1. The molecule has 2 atom stereocenters. The Labute approximate surface area is 252 Å². The van der Waals surface area contributed by atoms with Crippen molar-refractivity contribution in [3.63, 3.8) is 0 Å².